The van der Waals surface area contributed by atoms with Crippen LogP contribution in [-0.4, -0.2) is 19.5 Å². The zero-order valence-electron chi connectivity index (χ0n) is 10.0. The Kier molecular flexibility index (Phi) is 4.55. The predicted octanol–water partition coefficient (Wildman–Crippen LogP) is 4.18. The number of sulfone groups is 1. The van der Waals surface area contributed by atoms with Crippen molar-refractivity contribution in [2.45, 2.75) is 30.6 Å². The van der Waals surface area contributed by atoms with Gasteiger partial charge in [0.15, 0.2) is 9.84 Å². The summed E-state index contributed by atoms with van der Waals surface area (Å²) in [5, 5.41) is 0.771. The highest BCUT2D eigenvalue weighted by molar-refractivity contribution is 9.10. The average molecular weight is 396 g/mol. The Hall–Kier alpha value is 0.130. The second-order valence-corrected chi connectivity index (χ2v) is 8.52. The van der Waals surface area contributed by atoms with E-state index in [1.807, 2.05) is 6.07 Å². The van der Waals surface area contributed by atoms with E-state index in [1.165, 1.54) is 0 Å². The molecule has 0 heterocycles. The minimum Gasteiger partial charge on any atom is -0.224 e. The van der Waals surface area contributed by atoms with Crippen molar-refractivity contribution in [3.05, 3.63) is 28.7 Å². The lowest BCUT2D eigenvalue weighted by Crippen LogP contribution is -2.29. The molecule has 0 unspecified atom stereocenters. The summed E-state index contributed by atoms with van der Waals surface area (Å²) in [4.78, 5) is 0.420. The molecule has 2 nitrogen and oxygen atoms in total. The van der Waals surface area contributed by atoms with Gasteiger partial charge in [0.2, 0.25) is 0 Å². The summed E-state index contributed by atoms with van der Waals surface area (Å²) in [6, 6.07) is 6.98. The average Bonchev–Trinajstić information content (AvgIpc) is 2.77. The van der Waals surface area contributed by atoms with E-state index in [1.54, 1.807) is 18.2 Å². The first-order valence-corrected chi connectivity index (χ1v) is 9.58. The topological polar surface area (TPSA) is 34.1 Å². The Morgan fingerprint density at radius 1 is 1.22 bits per heavy atom. The van der Waals surface area contributed by atoms with Crippen molar-refractivity contribution >= 4 is 41.7 Å². The van der Waals surface area contributed by atoms with E-state index >= 15 is 0 Å². The number of halogens is 2. The van der Waals surface area contributed by atoms with Crippen LogP contribution in [0, 0.1) is 5.41 Å². The van der Waals surface area contributed by atoms with Gasteiger partial charge >= 0.3 is 0 Å². The molecule has 0 amide bonds. The minimum absolute atomic E-state index is 0.0683. The molecule has 1 saturated carbocycles. The van der Waals surface area contributed by atoms with Crippen LogP contribution in [0.2, 0.25) is 0 Å². The molecule has 0 bridgehead atoms. The summed E-state index contributed by atoms with van der Waals surface area (Å²) in [6.45, 7) is 0. The van der Waals surface area contributed by atoms with Crippen LogP contribution in [0.5, 0.6) is 0 Å². The maximum absolute atomic E-state index is 12.5. The van der Waals surface area contributed by atoms with Crippen LogP contribution >= 0.6 is 31.9 Å². The first-order valence-electron chi connectivity index (χ1n) is 6.02. The van der Waals surface area contributed by atoms with Gasteiger partial charge in [-0.25, -0.2) is 8.42 Å². The molecule has 0 aromatic heterocycles. The number of hydrogen-bond donors (Lipinski definition) is 0. The number of rotatable bonds is 4. The molecule has 0 atom stereocenters. The Morgan fingerprint density at radius 3 is 2.44 bits per heavy atom. The molecule has 0 spiro atoms. The van der Waals surface area contributed by atoms with Crippen LogP contribution in [0.1, 0.15) is 25.7 Å². The Morgan fingerprint density at radius 2 is 1.89 bits per heavy atom. The first kappa shape index (κ1) is 14.5. The molecular formula is C13H16Br2O2S. The predicted molar refractivity (Wildman–Crippen MR) is 80.9 cm³/mol. The molecule has 0 radical (unpaired) electrons. The fraction of sp³-hybridized carbons (Fsp3) is 0.538. The number of hydrogen-bond acceptors (Lipinski definition) is 2. The van der Waals surface area contributed by atoms with E-state index in [2.05, 4.69) is 31.9 Å². The van der Waals surface area contributed by atoms with Gasteiger partial charge in [-0.15, -0.1) is 0 Å². The van der Waals surface area contributed by atoms with Gasteiger partial charge in [0.25, 0.3) is 0 Å². The van der Waals surface area contributed by atoms with Crippen LogP contribution in [0.3, 0.4) is 0 Å². The van der Waals surface area contributed by atoms with E-state index in [0.29, 0.717) is 4.90 Å². The third-order valence-corrected chi connectivity index (χ3v) is 7.25. The van der Waals surface area contributed by atoms with Crippen molar-refractivity contribution < 1.29 is 8.42 Å². The number of alkyl halides is 1. The largest absolute Gasteiger partial charge is 0.224 e. The molecule has 1 aliphatic rings. The van der Waals surface area contributed by atoms with Crippen molar-refractivity contribution in [1.29, 1.82) is 0 Å². The van der Waals surface area contributed by atoms with Crippen LogP contribution < -0.4 is 0 Å². The molecule has 0 N–H and O–H groups in total. The van der Waals surface area contributed by atoms with Gasteiger partial charge in [-0.05, 0) is 36.5 Å². The second kappa shape index (κ2) is 5.63. The summed E-state index contributed by atoms with van der Waals surface area (Å²) in [5.74, 6) is 0.252. The first-order chi connectivity index (χ1) is 8.47. The molecule has 100 valence electrons. The van der Waals surface area contributed by atoms with Crippen LogP contribution in [0.4, 0.5) is 0 Å². The van der Waals surface area contributed by atoms with Crippen molar-refractivity contribution in [2.24, 2.45) is 5.41 Å². The fourth-order valence-corrected chi connectivity index (χ4v) is 6.12. The van der Waals surface area contributed by atoms with Crippen molar-refractivity contribution in [3.63, 3.8) is 0 Å². The third kappa shape index (κ3) is 3.17. The van der Waals surface area contributed by atoms with Crippen LogP contribution in [0.25, 0.3) is 0 Å². The van der Waals surface area contributed by atoms with Gasteiger partial charge in [0.05, 0.1) is 10.6 Å². The van der Waals surface area contributed by atoms with Gasteiger partial charge in [-0.2, -0.15) is 0 Å². The molecule has 0 aliphatic heterocycles. The summed E-state index contributed by atoms with van der Waals surface area (Å²) >= 11 is 6.82. The van der Waals surface area contributed by atoms with Crippen molar-refractivity contribution in [3.8, 4) is 0 Å². The monoisotopic (exact) mass is 394 g/mol. The van der Waals surface area contributed by atoms with E-state index < -0.39 is 9.84 Å². The van der Waals surface area contributed by atoms with Crippen LogP contribution in [0.15, 0.2) is 33.6 Å². The lowest BCUT2D eigenvalue weighted by Gasteiger charge is -2.26. The SMILES string of the molecule is O=S(=O)(CC1(CBr)CCCC1)c1cccc(Br)c1. The van der Waals surface area contributed by atoms with Crippen molar-refractivity contribution in [1.82, 2.24) is 0 Å². The smallest absolute Gasteiger partial charge is 0.178 e. The second-order valence-electron chi connectivity index (χ2n) is 5.06. The Labute approximate surface area is 125 Å². The number of benzene rings is 1. The molecule has 2 rings (SSSR count). The zero-order valence-corrected chi connectivity index (χ0v) is 14.0. The van der Waals surface area contributed by atoms with Gasteiger partial charge < -0.3 is 0 Å². The Balaban J connectivity index is 2.27. The maximum Gasteiger partial charge on any atom is 0.178 e. The van der Waals surface area contributed by atoms with E-state index in [0.717, 1.165) is 35.5 Å². The van der Waals surface area contributed by atoms with Gasteiger partial charge in [0.1, 0.15) is 0 Å². The molecule has 1 fully saturated rings. The van der Waals surface area contributed by atoms with Crippen LogP contribution in [-0.2, 0) is 9.84 Å². The summed E-state index contributed by atoms with van der Waals surface area (Å²) in [7, 11) is -3.20. The molecule has 1 aromatic carbocycles. The fourth-order valence-electron chi connectivity index (χ4n) is 2.59. The summed E-state index contributed by atoms with van der Waals surface area (Å²) in [5.41, 5.74) is -0.0683. The molecule has 18 heavy (non-hydrogen) atoms. The lowest BCUT2D eigenvalue weighted by atomic mass is 9.92. The zero-order chi connectivity index (χ0) is 13.2. The molecule has 1 aliphatic carbocycles. The maximum atomic E-state index is 12.5. The molecule has 1 aromatic rings. The lowest BCUT2D eigenvalue weighted by molar-refractivity contribution is 0.394. The normalized spacial score (nSPS) is 19.0. The van der Waals surface area contributed by atoms with Gasteiger partial charge in [0, 0.05) is 9.80 Å². The summed E-state index contributed by atoms with van der Waals surface area (Å²) < 4.78 is 25.7. The van der Waals surface area contributed by atoms with Gasteiger partial charge in [-0.3, -0.25) is 0 Å². The highest BCUT2D eigenvalue weighted by Crippen LogP contribution is 2.41. The minimum atomic E-state index is -3.20. The highest BCUT2D eigenvalue weighted by atomic mass is 79.9. The van der Waals surface area contributed by atoms with E-state index in [-0.39, 0.29) is 11.2 Å². The van der Waals surface area contributed by atoms with Crippen molar-refractivity contribution in [2.75, 3.05) is 11.1 Å². The third-order valence-electron chi connectivity index (χ3n) is 3.60. The molecule has 5 heteroatoms. The van der Waals surface area contributed by atoms with E-state index in [9.17, 15) is 8.42 Å². The quantitative estimate of drug-likeness (QED) is 0.716. The summed E-state index contributed by atoms with van der Waals surface area (Å²) in [6.07, 6.45) is 4.29. The van der Waals surface area contributed by atoms with E-state index in [4.69, 9.17) is 0 Å². The van der Waals surface area contributed by atoms with Gasteiger partial charge in [-0.1, -0.05) is 50.8 Å². The molecule has 0 saturated heterocycles. The Bertz CT molecular complexity index is 520. The highest BCUT2D eigenvalue weighted by Gasteiger charge is 2.37. The molecular weight excluding hydrogens is 380 g/mol. The standard InChI is InChI=1S/C13H16Br2O2S/c14-9-13(6-1-2-7-13)10-18(16,17)12-5-3-4-11(15)8-12/h3-5,8H,1-2,6-7,9-10H2.